The Morgan fingerprint density at radius 1 is 1.06 bits per heavy atom. The minimum absolute atomic E-state index is 0.676. The molecular weight excluding hydrogens is 290 g/mol. The highest BCUT2D eigenvalue weighted by Crippen LogP contribution is 2.28. The summed E-state index contributed by atoms with van der Waals surface area (Å²) in [4.78, 5) is 0. The molecule has 18 heavy (non-hydrogen) atoms. The van der Waals surface area contributed by atoms with Crippen LogP contribution in [0.25, 0.3) is 0 Å². The highest BCUT2D eigenvalue weighted by atomic mass is 79.9. The lowest BCUT2D eigenvalue weighted by molar-refractivity contribution is 0.478. The highest BCUT2D eigenvalue weighted by molar-refractivity contribution is 9.10. The van der Waals surface area contributed by atoms with Gasteiger partial charge in [0, 0.05) is 4.47 Å². The van der Waals surface area contributed by atoms with Crippen LogP contribution in [0.4, 0.5) is 0 Å². The average molecular weight is 302 g/mol. The summed E-state index contributed by atoms with van der Waals surface area (Å²) in [5.41, 5.74) is 2.66. The van der Waals surface area contributed by atoms with Crippen molar-refractivity contribution in [1.29, 1.82) is 5.26 Å². The maximum Gasteiger partial charge on any atom is 0.130 e. The van der Waals surface area contributed by atoms with Crippen LogP contribution in [0.1, 0.15) is 16.7 Å². The van der Waals surface area contributed by atoms with E-state index in [1.807, 2.05) is 44.2 Å². The van der Waals surface area contributed by atoms with Crippen LogP contribution in [0.3, 0.4) is 0 Å². The fourth-order valence-electron chi connectivity index (χ4n) is 1.68. The first-order chi connectivity index (χ1) is 8.60. The quantitative estimate of drug-likeness (QED) is 0.803. The molecule has 0 aliphatic rings. The maximum atomic E-state index is 8.88. The fraction of sp³-hybridized carbons (Fsp3) is 0.133. The molecule has 0 spiro atoms. The molecule has 0 fully saturated rings. The van der Waals surface area contributed by atoms with Crippen molar-refractivity contribution in [3.63, 3.8) is 0 Å². The van der Waals surface area contributed by atoms with E-state index in [9.17, 15) is 0 Å². The van der Waals surface area contributed by atoms with Crippen molar-refractivity contribution in [2.45, 2.75) is 13.8 Å². The van der Waals surface area contributed by atoms with Gasteiger partial charge in [-0.3, -0.25) is 0 Å². The van der Waals surface area contributed by atoms with Crippen molar-refractivity contribution < 1.29 is 4.74 Å². The number of hydrogen-bond acceptors (Lipinski definition) is 2. The minimum Gasteiger partial charge on any atom is -0.457 e. The van der Waals surface area contributed by atoms with Gasteiger partial charge in [-0.15, -0.1) is 0 Å². The molecule has 0 radical (unpaired) electrons. The third kappa shape index (κ3) is 2.72. The van der Waals surface area contributed by atoms with E-state index in [0.29, 0.717) is 5.56 Å². The summed E-state index contributed by atoms with van der Waals surface area (Å²) >= 11 is 3.42. The normalized spacial score (nSPS) is 9.89. The third-order valence-electron chi connectivity index (χ3n) is 2.68. The maximum absolute atomic E-state index is 8.88. The SMILES string of the molecule is Cc1cc(Oc2ccc(Br)cc2C)ccc1C#N. The molecule has 0 atom stereocenters. The number of rotatable bonds is 2. The lowest BCUT2D eigenvalue weighted by Crippen LogP contribution is -1.89. The summed E-state index contributed by atoms with van der Waals surface area (Å²) in [6.45, 7) is 3.90. The van der Waals surface area contributed by atoms with Crippen LogP contribution in [0.15, 0.2) is 40.9 Å². The Morgan fingerprint density at radius 2 is 1.83 bits per heavy atom. The standard InChI is InChI=1S/C15H12BrNO/c1-10-8-14(5-3-12(10)9-17)18-15-6-4-13(16)7-11(15)2/h3-8H,1-2H3. The molecule has 0 aromatic heterocycles. The first-order valence-corrected chi connectivity index (χ1v) is 6.34. The zero-order chi connectivity index (χ0) is 13.1. The second kappa shape index (κ2) is 5.24. The van der Waals surface area contributed by atoms with Crippen LogP contribution in [0.5, 0.6) is 11.5 Å². The number of nitriles is 1. The van der Waals surface area contributed by atoms with E-state index in [4.69, 9.17) is 10.00 Å². The molecule has 0 unspecified atom stereocenters. The molecule has 0 aliphatic carbocycles. The molecule has 0 bridgehead atoms. The van der Waals surface area contributed by atoms with Gasteiger partial charge in [0.25, 0.3) is 0 Å². The van der Waals surface area contributed by atoms with E-state index in [1.54, 1.807) is 6.07 Å². The molecule has 2 nitrogen and oxygen atoms in total. The molecule has 2 rings (SSSR count). The molecule has 90 valence electrons. The molecule has 0 aliphatic heterocycles. The Balaban J connectivity index is 2.29. The average Bonchev–Trinajstić information content (AvgIpc) is 2.33. The predicted molar refractivity (Wildman–Crippen MR) is 74.8 cm³/mol. The van der Waals surface area contributed by atoms with Crippen molar-refractivity contribution >= 4 is 15.9 Å². The van der Waals surface area contributed by atoms with Gasteiger partial charge in [0.05, 0.1) is 11.6 Å². The fourth-order valence-corrected chi connectivity index (χ4v) is 2.15. The number of hydrogen-bond donors (Lipinski definition) is 0. The van der Waals surface area contributed by atoms with Gasteiger partial charge in [0.2, 0.25) is 0 Å². The Hall–Kier alpha value is -1.79. The molecule has 0 saturated carbocycles. The van der Waals surface area contributed by atoms with Crippen molar-refractivity contribution in [2.75, 3.05) is 0 Å². The first-order valence-electron chi connectivity index (χ1n) is 5.55. The van der Waals surface area contributed by atoms with Crippen LogP contribution in [-0.2, 0) is 0 Å². The summed E-state index contributed by atoms with van der Waals surface area (Å²) in [5.74, 6) is 1.57. The summed E-state index contributed by atoms with van der Waals surface area (Å²) < 4.78 is 6.85. The zero-order valence-corrected chi connectivity index (χ0v) is 11.8. The number of ether oxygens (including phenoxy) is 1. The van der Waals surface area contributed by atoms with Gasteiger partial charge in [-0.2, -0.15) is 5.26 Å². The van der Waals surface area contributed by atoms with E-state index in [0.717, 1.165) is 27.1 Å². The highest BCUT2D eigenvalue weighted by Gasteiger charge is 2.04. The predicted octanol–water partition coefficient (Wildman–Crippen LogP) is 4.73. The Labute approximate surface area is 115 Å². The molecule has 0 heterocycles. The number of benzene rings is 2. The largest absolute Gasteiger partial charge is 0.457 e. The van der Waals surface area contributed by atoms with Crippen LogP contribution in [0.2, 0.25) is 0 Å². The van der Waals surface area contributed by atoms with Crippen LogP contribution < -0.4 is 4.74 Å². The van der Waals surface area contributed by atoms with Gasteiger partial charge in [-0.25, -0.2) is 0 Å². The van der Waals surface area contributed by atoms with Gasteiger partial charge in [0.15, 0.2) is 0 Å². The van der Waals surface area contributed by atoms with Crippen molar-refractivity contribution in [2.24, 2.45) is 0 Å². The molecule has 0 saturated heterocycles. The summed E-state index contributed by atoms with van der Waals surface area (Å²) in [7, 11) is 0. The molecular formula is C15H12BrNO. The topological polar surface area (TPSA) is 33.0 Å². The van der Waals surface area contributed by atoms with Gasteiger partial charge < -0.3 is 4.74 Å². The monoisotopic (exact) mass is 301 g/mol. The zero-order valence-electron chi connectivity index (χ0n) is 10.2. The first kappa shape index (κ1) is 12.7. The van der Waals surface area contributed by atoms with Crippen molar-refractivity contribution in [3.05, 3.63) is 57.6 Å². The molecule has 0 N–H and O–H groups in total. The smallest absolute Gasteiger partial charge is 0.130 e. The lowest BCUT2D eigenvalue weighted by Gasteiger charge is -2.10. The Kier molecular flexibility index (Phi) is 3.69. The van der Waals surface area contributed by atoms with Gasteiger partial charge in [0.1, 0.15) is 11.5 Å². The van der Waals surface area contributed by atoms with E-state index in [-0.39, 0.29) is 0 Å². The summed E-state index contributed by atoms with van der Waals surface area (Å²) in [6.07, 6.45) is 0. The molecule has 2 aromatic rings. The third-order valence-corrected chi connectivity index (χ3v) is 3.18. The van der Waals surface area contributed by atoms with Crippen LogP contribution in [0, 0.1) is 25.2 Å². The minimum atomic E-state index is 0.676. The van der Waals surface area contributed by atoms with Gasteiger partial charge >= 0.3 is 0 Å². The molecule has 3 heteroatoms. The van der Waals surface area contributed by atoms with E-state index in [2.05, 4.69) is 22.0 Å². The van der Waals surface area contributed by atoms with Crippen LogP contribution in [-0.4, -0.2) is 0 Å². The van der Waals surface area contributed by atoms with E-state index in [1.165, 1.54) is 0 Å². The molecule has 2 aromatic carbocycles. The number of halogens is 1. The number of aryl methyl sites for hydroxylation is 2. The van der Waals surface area contributed by atoms with E-state index < -0.39 is 0 Å². The number of nitrogens with zero attached hydrogens (tertiary/aromatic N) is 1. The summed E-state index contributed by atoms with van der Waals surface area (Å²) in [5, 5.41) is 8.88. The van der Waals surface area contributed by atoms with Crippen molar-refractivity contribution in [1.82, 2.24) is 0 Å². The second-order valence-corrected chi connectivity index (χ2v) is 5.02. The van der Waals surface area contributed by atoms with Crippen molar-refractivity contribution in [3.8, 4) is 17.6 Å². The lowest BCUT2D eigenvalue weighted by atomic mass is 10.1. The Bertz CT molecular complexity index is 629. The van der Waals surface area contributed by atoms with Gasteiger partial charge in [-0.1, -0.05) is 15.9 Å². The second-order valence-electron chi connectivity index (χ2n) is 4.10. The molecule has 0 amide bonds. The van der Waals surface area contributed by atoms with Gasteiger partial charge in [-0.05, 0) is 61.4 Å². The summed E-state index contributed by atoms with van der Waals surface area (Å²) in [6, 6.07) is 13.5. The van der Waals surface area contributed by atoms with Crippen LogP contribution >= 0.6 is 15.9 Å². The Morgan fingerprint density at radius 3 is 2.44 bits per heavy atom. The van der Waals surface area contributed by atoms with E-state index >= 15 is 0 Å².